The molecule has 0 aliphatic carbocycles. The third kappa shape index (κ3) is 45.7. The summed E-state index contributed by atoms with van der Waals surface area (Å²) in [6, 6.07) is 0. The molecule has 0 aromatic carbocycles. The second kappa shape index (κ2) is 48.3. The zero-order valence-corrected chi connectivity index (χ0v) is 38.9. The normalized spacial score (nSPS) is 12.8. The second-order valence-corrected chi connectivity index (χ2v) is 16.0. The zero-order chi connectivity index (χ0) is 43.7. The number of esters is 3. The van der Waals surface area contributed by atoms with E-state index >= 15 is 0 Å². The van der Waals surface area contributed by atoms with Gasteiger partial charge in [0.15, 0.2) is 6.10 Å². The van der Waals surface area contributed by atoms with Gasteiger partial charge in [0.2, 0.25) is 0 Å². The van der Waals surface area contributed by atoms with Crippen LogP contribution in [0.15, 0.2) is 85.1 Å². The van der Waals surface area contributed by atoms with Crippen molar-refractivity contribution in [2.75, 3.05) is 13.2 Å². The molecule has 0 heterocycles. The summed E-state index contributed by atoms with van der Waals surface area (Å²) in [6.07, 6.45) is 61.4. The van der Waals surface area contributed by atoms with Gasteiger partial charge in [-0.05, 0) is 89.9 Å². The summed E-state index contributed by atoms with van der Waals surface area (Å²) < 4.78 is 16.7. The van der Waals surface area contributed by atoms with Crippen LogP contribution in [0.4, 0.5) is 0 Å². The molecule has 0 aliphatic heterocycles. The van der Waals surface area contributed by atoms with Crippen molar-refractivity contribution < 1.29 is 28.6 Å². The maximum atomic E-state index is 12.7. The summed E-state index contributed by atoms with van der Waals surface area (Å²) in [4.78, 5) is 37.8. The van der Waals surface area contributed by atoms with Crippen LogP contribution in [0.5, 0.6) is 0 Å². The number of unbranched alkanes of at least 4 members (excludes halogenated alkanes) is 18. The van der Waals surface area contributed by atoms with Crippen molar-refractivity contribution in [1.82, 2.24) is 0 Å². The van der Waals surface area contributed by atoms with Crippen LogP contribution in [-0.2, 0) is 28.6 Å². The van der Waals surface area contributed by atoms with Crippen LogP contribution in [0.25, 0.3) is 0 Å². The molecule has 6 nitrogen and oxygen atoms in total. The first-order chi connectivity index (χ1) is 29.5. The fourth-order valence-electron chi connectivity index (χ4n) is 6.45. The Kier molecular flexibility index (Phi) is 45.5. The Morgan fingerprint density at radius 3 is 1.13 bits per heavy atom. The number of hydrogen-bond donors (Lipinski definition) is 0. The molecule has 1 atom stereocenters. The SMILES string of the molecule is CC/C=C\C/C=C\C/C=C\C/C=C\C/C=C\C/C=C\CCCCC(=O)OCC(COC(=O)CCCCCCC/C=C\CCC)OC(=O)CCCCCCCCCCCCC. The summed E-state index contributed by atoms with van der Waals surface area (Å²) in [5, 5.41) is 0. The molecule has 0 amide bonds. The molecule has 60 heavy (non-hydrogen) atoms. The maximum absolute atomic E-state index is 12.7. The first-order valence-corrected chi connectivity index (χ1v) is 24.6. The molecular weight excluding hydrogens is 745 g/mol. The van der Waals surface area contributed by atoms with E-state index in [0.717, 1.165) is 116 Å². The van der Waals surface area contributed by atoms with Gasteiger partial charge in [0.1, 0.15) is 13.2 Å². The summed E-state index contributed by atoms with van der Waals surface area (Å²) in [6.45, 7) is 6.39. The van der Waals surface area contributed by atoms with Gasteiger partial charge in [-0.3, -0.25) is 14.4 Å². The van der Waals surface area contributed by atoms with Crippen LogP contribution in [0, 0.1) is 0 Å². The van der Waals surface area contributed by atoms with E-state index in [9.17, 15) is 14.4 Å². The molecule has 0 saturated heterocycles. The largest absolute Gasteiger partial charge is 0.462 e. The molecule has 0 bridgehead atoms. The zero-order valence-electron chi connectivity index (χ0n) is 38.9. The number of carbonyl (C=O) groups excluding carboxylic acids is 3. The molecule has 0 fully saturated rings. The molecule has 0 spiro atoms. The van der Waals surface area contributed by atoms with E-state index in [4.69, 9.17) is 14.2 Å². The van der Waals surface area contributed by atoms with E-state index in [0.29, 0.717) is 19.3 Å². The molecule has 0 saturated carbocycles. The van der Waals surface area contributed by atoms with Crippen LogP contribution in [-0.4, -0.2) is 37.2 Å². The minimum Gasteiger partial charge on any atom is -0.462 e. The Hall–Kier alpha value is -3.41. The topological polar surface area (TPSA) is 78.9 Å². The van der Waals surface area contributed by atoms with E-state index in [1.807, 2.05) is 0 Å². The van der Waals surface area contributed by atoms with Crippen molar-refractivity contribution in [3.8, 4) is 0 Å². The van der Waals surface area contributed by atoms with Crippen molar-refractivity contribution in [3.63, 3.8) is 0 Å². The Balaban J connectivity index is 4.40. The highest BCUT2D eigenvalue weighted by Gasteiger charge is 2.19. The summed E-state index contributed by atoms with van der Waals surface area (Å²) in [5.74, 6) is -0.954. The molecule has 342 valence electrons. The fourth-order valence-corrected chi connectivity index (χ4v) is 6.45. The average Bonchev–Trinajstić information content (AvgIpc) is 3.24. The van der Waals surface area contributed by atoms with Crippen molar-refractivity contribution in [1.29, 1.82) is 0 Å². The number of hydrogen-bond acceptors (Lipinski definition) is 6. The van der Waals surface area contributed by atoms with Crippen LogP contribution >= 0.6 is 0 Å². The highest BCUT2D eigenvalue weighted by atomic mass is 16.6. The lowest BCUT2D eigenvalue weighted by atomic mass is 10.1. The van der Waals surface area contributed by atoms with Crippen molar-refractivity contribution in [3.05, 3.63) is 85.1 Å². The Morgan fingerprint density at radius 1 is 0.350 bits per heavy atom. The second-order valence-electron chi connectivity index (χ2n) is 16.0. The van der Waals surface area contributed by atoms with E-state index in [-0.39, 0.29) is 31.1 Å². The lowest BCUT2D eigenvalue weighted by Gasteiger charge is -2.18. The quantitative estimate of drug-likeness (QED) is 0.0263. The Morgan fingerprint density at radius 2 is 0.683 bits per heavy atom. The van der Waals surface area contributed by atoms with E-state index in [1.54, 1.807) is 0 Å². The van der Waals surface area contributed by atoms with Crippen LogP contribution in [0.2, 0.25) is 0 Å². The lowest BCUT2D eigenvalue weighted by molar-refractivity contribution is -0.167. The van der Waals surface area contributed by atoms with Gasteiger partial charge in [-0.1, -0.05) is 196 Å². The van der Waals surface area contributed by atoms with E-state index in [2.05, 4.69) is 106 Å². The average molecular weight is 835 g/mol. The number of ether oxygens (including phenoxy) is 3. The smallest absolute Gasteiger partial charge is 0.306 e. The summed E-state index contributed by atoms with van der Waals surface area (Å²) >= 11 is 0. The van der Waals surface area contributed by atoms with Gasteiger partial charge in [-0.25, -0.2) is 0 Å². The van der Waals surface area contributed by atoms with E-state index < -0.39 is 6.10 Å². The molecule has 0 aliphatic rings. The molecule has 0 radical (unpaired) electrons. The third-order valence-corrected chi connectivity index (χ3v) is 10.1. The summed E-state index contributed by atoms with van der Waals surface area (Å²) in [7, 11) is 0. The monoisotopic (exact) mass is 835 g/mol. The standard InChI is InChI=1S/C54H90O6/c1-4-7-10-13-16-19-22-23-24-25-26-27-28-29-30-31-33-35-38-41-44-47-53(56)59-50-51(49-58-52(55)46-43-40-37-34-21-18-15-12-9-6-3)60-54(57)48-45-42-39-36-32-20-17-14-11-8-5-2/h7,10,12,15-16,19,23-24,26-27,29-30,33,35,51H,4-6,8-9,11,13-14,17-18,20-22,25,28,31-32,34,36-50H2,1-3H3/b10-7-,15-12-,19-16-,24-23-,27-26-,30-29-,35-33-. The molecule has 0 aromatic rings. The van der Waals surface area contributed by atoms with Crippen molar-refractivity contribution in [2.45, 2.75) is 226 Å². The third-order valence-electron chi connectivity index (χ3n) is 10.1. The fraction of sp³-hybridized carbons (Fsp3) is 0.685. The highest BCUT2D eigenvalue weighted by molar-refractivity contribution is 5.71. The van der Waals surface area contributed by atoms with Gasteiger partial charge in [-0.2, -0.15) is 0 Å². The van der Waals surface area contributed by atoms with Crippen molar-refractivity contribution in [2.24, 2.45) is 0 Å². The molecule has 6 heteroatoms. The van der Waals surface area contributed by atoms with Gasteiger partial charge < -0.3 is 14.2 Å². The van der Waals surface area contributed by atoms with Gasteiger partial charge in [0.25, 0.3) is 0 Å². The minimum atomic E-state index is -0.794. The van der Waals surface area contributed by atoms with Crippen molar-refractivity contribution >= 4 is 17.9 Å². The van der Waals surface area contributed by atoms with Gasteiger partial charge in [0.05, 0.1) is 0 Å². The number of rotatable bonds is 43. The predicted octanol–water partition coefficient (Wildman–Crippen LogP) is 16.0. The molecule has 1 unspecified atom stereocenters. The molecule has 0 N–H and O–H groups in total. The first-order valence-electron chi connectivity index (χ1n) is 24.6. The highest BCUT2D eigenvalue weighted by Crippen LogP contribution is 2.14. The predicted molar refractivity (Wildman–Crippen MR) is 256 cm³/mol. The summed E-state index contributed by atoms with van der Waals surface area (Å²) in [5.41, 5.74) is 0. The van der Waals surface area contributed by atoms with Crippen LogP contribution < -0.4 is 0 Å². The Labute approximate surface area is 369 Å². The Bertz CT molecular complexity index is 1190. The van der Waals surface area contributed by atoms with Gasteiger partial charge >= 0.3 is 17.9 Å². The van der Waals surface area contributed by atoms with Crippen LogP contribution in [0.3, 0.4) is 0 Å². The number of allylic oxidation sites excluding steroid dienone is 14. The molecule has 0 aromatic heterocycles. The number of carbonyl (C=O) groups is 3. The first kappa shape index (κ1) is 56.6. The lowest BCUT2D eigenvalue weighted by Crippen LogP contribution is -2.30. The van der Waals surface area contributed by atoms with Crippen LogP contribution in [0.1, 0.15) is 220 Å². The molecule has 0 rings (SSSR count). The van der Waals surface area contributed by atoms with Gasteiger partial charge in [-0.15, -0.1) is 0 Å². The van der Waals surface area contributed by atoms with E-state index in [1.165, 1.54) is 64.2 Å². The molecular formula is C54H90O6. The van der Waals surface area contributed by atoms with Gasteiger partial charge in [0, 0.05) is 19.3 Å². The minimum absolute atomic E-state index is 0.0944. The maximum Gasteiger partial charge on any atom is 0.306 e.